The summed E-state index contributed by atoms with van der Waals surface area (Å²) in [6, 6.07) is 0. The van der Waals surface area contributed by atoms with Gasteiger partial charge in [0.2, 0.25) is 0 Å². The molecule has 16 heavy (non-hydrogen) atoms. The van der Waals surface area contributed by atoms with E-state index in [4.69, 9.17) is 9.47 Å². The molecule has 84 valence electrons. The van der Waals surface area contributed by atoms with Crippen LogP contribution in [0, 0.1) is 23.7 Å². The highest BCUT2D eigenvalue weighted by atomic mass is 16.5. The normalized spacial score (nSPS) is 64.0. The van der Waals surface area contributed by atoms with E-state index in [9.17, 15) is 0 Å². The first kappa shape index (κ1) is 8.48. The van der Waals surface area contributed by atoms with Crippen LogP contribution in [0.15, 0.2) is 24.3 Å². The zero-order valence-corrected chi connectivity index (χ0v) is 9.16. The molecule has 0 unspecified atom stereocenters. The molecule has 0 radical (unpaired) electrons. The topological polar surface area (TPSA) is 18.5 Å². The van der Waals surface area contributed by atoms with Gasteiger partial charge in [-0.1, -0.05) is 24.3 Å². The molecule has 1 aliphatic carbocycles. The van der Waals surface area contributed by atoms with E-state index in [0.717, 1.165) is 23.7 Å². The lowest BCUT2D eigenvalue weighted by atomic mass is 9.62. The number of ether oxygens (including phenoxy) is 2. The Kier molecular flexibility index (Phi) is 1.39. The van der Waals surface area contributed by atoms with Gasteiger partial charge in [0.15, 0.2) is 0 Å². The lowest BCUT2D eigenvalue weighted by Gasteiger charge is -2.39. The molecule has 2 saturated heterocycles. The molecule has 4 heterocycles. The van der Waals surface area contributed by atoms with E-state index in [1.54, 1.807) is 0 Å². The molecule has 4 aliphatic heterocycles. The summed E-state index contributed by atoms with van der Waals surface area (Å²) in [4.78, 5) is 0. The van der Waals surface area contributed by atoms with Crippen LogP contribution in [0.1, 0.15) is 12.8 Å². The predicted octanol–water partition coefficient (Wildman–Crippen LogP) is 1.92. The van der Waals surface area contributed by atoms with Gasteiger partial charge in [0, 0.05) is 0 Å². The summed E-state index contributed by atoms with van der Waals surface area (Å²) in [7, 11) is 0. The standard InChI is InChI=1S/C14H16O2/c1-2-12-8-6-10-9(5-7(8)11(1)15-12)13-3-4-14(10)16-13/h1-4,7-14H,5-6H2/t7-,8-,9-,10+,11-,12-,13-,14-/m1/s1. The maximum Gasteiger partial charge on any atom is 0.0796 e. The first-order valence-corrected chi connectivity index (χ1v) is 6.58. The van der Waals surface area contributed by atoms with E-state index in [2.05, 4.69) is 24.3 Å². The van der Waals surface area contributed by atoms with E-state index < -0.39 is 0 Å². The molecule has 0 aromatic carbocycles. The largest absolute Gasteiger partial charge is 0.366 e. The summed E-state index contributed by atoms with van der Waals surface area (Å²) in [6.07, 6.45) is 13.5. The number of fused-ring (bicyclic) bond motifs is 10. The van der Waals surface area contributed by atoms with E-state index >= 15 is 0 Å². The quantitative estimate of drug-likeness (QED) is 0.576. The molecule has 1 saturated carbocycles. The van der Waals surface area contributed by atoms with Gasteiger partial charge in [0.05, 0.1) is 24.4 Å². The second-order valence-corrected chi connectivity index (χ2v) is 6.03. The highest BCUT2D eigenvalue weighted by Gasteiger charge is 2.57. The Bertz CT molecular complexity index is 330. The number of hydrogen-bond acceptors (Lipinski definition) is 2. The summed E-state index contributed by atoms with van der Waals surface area (Å²) >= 11 is 0. The molecule has 2 nitrogen and oxygen atoms in total. The summed E-state index contributed by atoms with van der Waals surface area (Å²) in [5.74, 6) is 3.14. The molecule has 2 heteroatoms. The van der Waals surface area contributed by atoms with Crippen LogP contribution < -0.4 is 0 Å². The lowest BCUT2D eigenvalue weighted by Crippen LogP contribution is -2.39. The van der Waals surface area contributed by atoms with E-state index in [0.29, 0.717) is 24.4 Å². The van der Waals surface area contributed by atoms with Crippen molar-refractivity contribution in [3.05, 3.63) is 24.3 Å². The van der Waals surface area contributed by atoms with Crippen LogP contribution in [0.3, 0.4) is 0 Å². The Morgan fingerprint density at radius 2 is 0.875 bits per heavy atom. The van der Waals surface area contributed by atoms with Crippen molar-refractivity contribution in [3.8, 4) is 0 Å². The zero-order valence-electron chi connectivity index (χ0n) is 9.16. The molecule has 5 aliphatic rings. The van der Waals surface area contributed by atoms with E-state index in [-0.39, 0.29) is 0 Å². The van der Waals surface area contributed by atoms with Crippen molar-refractivity contribution >= 4 is 0 Å². The summed E-state index contributed by atoms with van der Waals surface area (Å²) in [6.45, 7) is 0. The van der Waals surface area contributed by atoms with Gasteiger partial charge in [0.1, 0.15) is 0 Å². The highest BCUT2D eigenvalue weighted by molar-refractivity contribution is 5.22. The SMILES string of the molecule is C1=C[C@H]2O[C@H]1[C@@H]1C[C@@H]3[C@H](C[C@H]12)[C@H]1C=C[C@H]3O1. The van der Waals surface area contributed by atoms with Crippen LogP contribution in [0.5, 0.6) is 0 Å². The molecule has 3 fully saturated rings. The first-order valence-electron chi connectivity index (χ1n) is 6.58. The zero-order chi connectivity index (χ0) is 10.3. The number of hydrogen-bond donors (Lipinski definition) is 0. The van der Waals surface area contributed by atoms with Crippen molar-refractivity contribution in [1.29, 1.82) is 0 Å². The minimum atomic E-state index is 0.430. The van der Waals surface area contributed by atoms with Gasteiger partial charge in [-0.2, -0.15) is 0 Å². The Hall–Kier alpha value is -0.600. The Balaban J connectivity index is 1.52. The molecular weight excluding hydrogens is 200 g/mol. The fourth-order valence-corrected chi connectivity index (χ4v) is 4.80. The van der Waals surface area contributed by atoms with Gasteiger partial charge >= 0.3 is 0 Å². The van der Waals surface area contributed by atoms with Gasteiger partial charge in [-0.05, 0) is 36.5 Å². The molecule has 0 aromatic rings. The second-order valence-electron chi connectivity index (χ2n) is 6.03. The van der Waals surface area contributed by atoms with Gasteiger partial charge in [-0.3, -0.25) is 0 Å². The molecular formula is C14H16O2. The highest BCUT2D eigenvalue weighted by Crippen LogP contribution is 2.56. The average Bonchev–Trinajstić information content (AvgIpc) is 3.07. The fourth-order valence-electron chi connectivity index (χ4n) is 4.80. The Morgan fingerprint density at radius 3 is 1.19 bits per heavy atom. The lowest BCUT2D eigenvalue weighted by molar-refractivity contribution is 0.0882. The van der Waals surface area contributed by atoms with Crippen LogP contribution in [0.4, 0.5) is 0 Å². The average molecular weight is 216 g/mol. The fraction of sp³-hybridized carbons (Fsp3) is 0.714. The van der Waals surface area contributed by atoms with Crippen LogP contribution >= 0.6 is 0 Å². The van der Waals surface area contributed by atoms with Crippen molar-refractivity contribution in [3.63, 3.8) is 0 Å². The van der Waals surface area contributed by atoms with E-state index in [1.165, 1.54) is 12.8 Å². The third-order valence-electron chi connectivity index (χ3n) is 5.49. The first-order chi connectivity index (χ1) is 7.90. The molecule has 5 rings (SSSR count). The molecule has 0 spiro atoms. The molecule has 0 amide bonds. The predicted molar refractivity (Wildman–Crippen MR) is 58.8 cm³/mol. The van der Waals surface area contributed by atoms with Crippen LogP contribution in [0.25, 0.3) is 0 Å². The van der Waals surface area contributed by atoms with Crippen molar-refractivity contribution in [2.75, 3.05) is 0 Å². The maximum absolute atomic E-state index is 6.00. The molecule has 8 atom stereocenters. The Morgan fingerprint density at radius 1 is 0.562 bits per heavy atom. The van der Waals surface area contributed by atoms with Crippen molar-refractivity contribution in [2.24, 2.45) is 23.7 Å². The van der Waals surface area contributed by atoms with Crippen molar-refractivity contribution in [1.82, 2.24) is 0 Å². The summed E-state index contributed by atoms with van der Waals surface area (Å²) in [5, 5.41) is 0. The summed E-state index contributed by atoms with van der Waals surface area (Å²) in [5.41, 5.74) is 0. The van der Waals surface area contributed by atoms with Crippen molar-refractivity contribution in [2.45, 2.75) is 37.3 Å². The molecule has 0 aromatic heterocycles. The van der Waals surface area contributed by atoms with Crippen molar-refractivity contribution < 1.29 is 9.47 Å². The van der Waals surface area contributed by atoms with Gasteiger partial charge in [0.25, 0.3) is 0 Å². The minimum Gasteiger partial charge on any atom is -0.366 e. The monoisotopic (exact) mass is 216 g/mol. The smallest absolute Gasteiger partial charge is 0.0796 e. The molecule has 4 bridgehead atoms. The van der Waals surface area contributed by atoms with E-state index in [1.807, 2.05) is 0 Å². The third kappa shape index (κ3) is 0.844. The summed E-state index contributed by atoms with van der Waals surface area (Å²) < 4.78 is 12.0. The van der Waals surface area contributed by atoms with Crippen LogP contribution in [-0.2, 0) is 9.47 Å². The maximum atomic E-state index is 6.00. The van der Waals surface area contributed by atoms with Gasteiger partial charge in [-0.15, -0.1) is 0 Å². The van der Waals surface area contributed by atoms with Gasteiger partial charge in [-0.25, -0.2) is 0 Å². The minimum absolute atomic E-state index is 0.430. The van der Waals surface area contributed by atoms with Crippen LogP contribution in [0.2, 0.25) is 0 Å². The van der Waals surface area contributed by atoms with Gasteiger partial charge < -0.3 is 9.47 Å². The second kappa shape index (κ2) is 2.62. The molecule has 0 N–H and O–H groups in total. The third-order valence-corrected chi connectivity index (χ3v) is 5.49. The number of rotatable bonds is 0. The van der Waals surface area contributed by atoms with Crippen LogP contribution in [-0.4, -0.2) is 24.4 Å². The Labute approximate surface area is 95.3 Å².